The zero-order valence-electron chi connectivity index (χ0n) is 13.3. The lowest BCUT2D eigenvalue weighted by molar-refractivity contribution is -0.133. The lowest BCUT2D eigenvalue weighted by atomic mass is 9.98. The molecule has 2 rings (SSSR count). The highest BCUT2D eigenvalue weighted by Crippen LogP contribution is 2.32. The number of carbonyl (C=O) groups excluding carboxylic acids is 1. The van der Waals surface area contributed by atoms with Gasteiger partial charge >= 0.3 is 0 Å². The Kier molecular flexibility index (Phi) is 5.28. The maximum absolute atomic E-state index is 12.7. The van der Waals surface area contributed by atoms with Gasteiger partial charge in [0.05, 0.1) is 6.04 Å². The molecule has 1 aliphatic heterocycles. The zero-order valence-corrected chi connectivity index (χ0v) is 14.0. The summed E-state index contributed by atoms with van der Waals surface area (Å²) in [6, 6.07) is 7.95. The van der Waals surface area contributed by atoms with E-state index in [1.54, 1.807) is 0 Å². The van der Waals surface area contributed by atoms with Gasteiger partial charge in [-0.3, -0.25) is 10.1 Å². The quantitative estimate of drug-likeness (QED) is 0.892. The molecule has 1 aromatic carbocycles. The zero-order chi connectivity index (χ0) is 15.6. The Bertz CT molecular complexity index is 486. The standard InChI is InChI=1S/C17H25ClN2O/c1-5-14-17(21)20(15(6-2)11(3)4)16(19-14)12-7-9-13(18)10-8-12/h7-11,14-16,19H,5-6H2,1-4H3. The van der Waals surface area contributed by atoms with Crippen LogP contribution in [0.15, 0.2) is 24.3 Å². The third kappa shape index (κ3) is 3.24. The van der Waals surface area contributed by atoms with Crippen LogP contribution in [0.5, 0.6) is 0 Å². The molecule has 0 aliphatic carbocycles. The van der Waals surface area contributed by atoms with Crippen LogP contribution in [0.25, 0.3) is 0 Å². The maximum Gasteiger partial charge on any atom is 0.241 e. The van der Waals surface area contributed by atoms with E-state index in [1.165, 1.54) is 0 Å². The van der Waals surface area contributed by atoms with Gasteiger partial charge in [-0.15, -0.1) is 0 Å². The van der Waals surface area contributed by atoms with Crippen molar-refractivity contribution < 1.29 is 4.79 Å². The number of hydrogen-bond donors (Lipinski definition) is 1. The molecule has 0 aromatic heterocycles. The van der Waals surface area contributed by atoms with E-state index in [4.69, 9.17) is 11.6 Å². The minimum atomic E-state index is -0.0847. The van der Waals surface area contributed by atoms with Crippen molar-refractivity contribution in [1.82, 2.24) is 10.2 Å². The lowest BCUT2D eigenvalue weighted by Crippen LogP contribution is -2.42. The van der Waals surface area contributed by atoms with Crippen molar-refractivity contribution in [1.29, 1.82) is 0 Å². The minimum Gasteiger partial charge on any atom is -0.318 e. The molecule has 1 amide bonds. The predicted octanol–water partition coefficient (Wildman–Crippen LogP) is 3.98. The van der Waals surface area contributed by atoms with Gasteiger partial charge in [0.1, 0.15) is 6.17 Å². The highest BCUT2D eigenvalue weighted by molar-refractivity contribution is 6.30. The van der Waals surface area contributed by atoms with E-state index in [2.05, 4.69) is 26.1 Å². The fourth-order valence-corrected chi connectivity index (χ4v) is 3.31. The van der Waals surface area contributed by atoms with Crippen molar-refractivity contribution in [3.05, 3.63) is 34.9 Å². The molecular formula is C17H25ClN2O. The number of nitrogens with zero attached hydrogens (tertiary/aromatic N) is 1. The van der Waals surface area contributed by atoms with Gasteiger partial charge in [0, 0.05) is 11.1 Å². The molecule has 0 saturated carbocycles. The third-order valence-corrected chi connectivity index (χ3v) is 4.58. The van der Waals surface area contributed by atoms with Crippen molar-refractivity contribution in [3.63, 3.8) is 0 Å². The van der Waals surface area contributed by atoms with Crippen LogP contribution in [0.3, 0.4) is 0 Å². The highest BCUT2D eigenvalue weighted by atomic mass is 35.5. The van der Waals surface area contributed by atoms with Gasteiger partial charge in [-0.2, -0.15) is 0 Å². The van der Waals surface area contributed by atoms with Crippen LogP contribution in [-0.4, -0.2) is 22.9 Å². The fraction of sp³-hybridized carbons (Fsp3) is 0.588. The predicted molar refractivity (Wildman–Crippen MR) is 87.2 cm³/mol. The Morgan fingerprint density at radius 1 is 1.24 bits per heavy atom. The lowest BCUT2D eigenvalue weighted by Gasteiger charge is -2.35. The van der Waals surface area contributed by atoms with Gasteiger partial charge in [0.2, 0.25) is 5.91 Å². The Labute approximate surface area is 132 Å². The minimum absolute atomic E-state index is 0.0490. The van der Waals surface area contributed by atoms with Crippen molar-refractivity contribution in [2.24, 2.45) is 5.92 Å². The molecule has 1 saturated heterocycles. The van der Waals surface area contributed by atoms with E-state index in [-0.39, 0.29) is 24.2 Å². The average Bonchev–Trinajstić information content (AvgIpc) is 2.78. The molecule has 1 heterocycles. The van der Waals surface area contributed by atoms with Crippen molar-refractivity contribution in [3.8, 4) is 0 Å². The molecule has 3 unspecified atom stereocenters. The van der Waals surface area contributed by atoms with Crippen molar-refractivity contribution >= 4 is 17.5 Å². The van der Waals surface area contributed by atoms with Crippen LogP contribution in [-0.2, 0) is 4.79 Å². The SMILES string of the molecule is CCC1NC(c2ccc(Cl)cc2)N(C(CC)C(C)C)C1=O. The van der Waals surface area contributed by atoms with Crippen LogP contribution in [0.4, 0.5) is 0 Å². The van der Waals surface area contributed by atoms with Crippen LogP contribution < -0.4 is 5.32 Å². The molecule has 1 N–H and O–H groups in total. The van der Waals surface area contributed by atoms with Gasteiger partial charge in [0.15, 0.2) is 0 Å². The second-order valence-corrected chi connectivity index (χ2v) is 6.48. The maximum atomic E-state index is 12.7. The summed E-state index contributed by atoms with van der Waals surface area (Å²) in [4.78, 5) is 14.8. The van der Waals surface area contributed by atoms with E-state index < -0.39 is 0 Å². The Hall–Kier alpha value is -1.06. The van der Waals surface area contributed by atoms with Gasteiger partial charge < -0.3 is 4.90 Å². The van der Waals surface area contributed by atoms with Gasteiger partial charge in [0.25, 0.3) is 0 Å². The molecule has 0 bridgehead atoms. The van der Waals surface area contributed by atoms with Crippen LogP contribution in [0.1, 0.15) is 52.3 Å². The molecule has 1 fully saturated rings. The Morgan fingerprint density at radius 2 is 1.86 bits per heavy atom. The molecule has 1 aliphatic rings. The average molecular weight is 309 g/mol. The third-order valence-electron chi connectivity index (χ3n) is 4.33. The molecule has 0 spiro atoms. The van der Waals surface area contributed by atoms with Gasteiger partial charge in [-0.1, -0.05) is 51.4 Å². The first-order chi connectivity index (χ1) is 9.99. The number of benzene rings is 1. The topological polar surface area (TPSA) is 32.3 Å². The van der Waals surface area contributed by atoms with E-state index in [9.17, 15) is 4.79 Å². The second-order valence-electron chi connectivity index (χ2n) is 6.05. The highest BCUT2D eigenvalue weighted by Gasteiger charge is 2.42. The monoisotopic (exact) mass is 308 g/mol. The summed E-state index contributed by atoms with van der Waals surface area (Å²) in [5.74, 6) is 0.657. The molecule has 116 valence electrons. The number of amides is 1. The number of carbonyl (C=O) groups is 1. The number of nitrogens with one attached hydrogen (secondary N) is 1. The fourth-order valence-electron chi connectivity index (χ4n) is 3.19. The molecule has 3 nitrogen and oxygen atoms in total. The van der Waals surface area contributed by atoms with E-state index in [0.29, 0.717) is 5.92 Å². The normalized spacial score (nSPS) is 23.9. The first-order valence-electron chi connectivity index (χ1n) is 7.83. The smallest absolute Gasteiger partial charge is 0.241 e. The number of halogens is 1. The number of rotatable bonds is 5. The summed E-state index contributed by atoms with van der Waals surface area (Å²) in [6.45, 7) is 8.56. The largest absolute Gasteiger partial charge is 0.318 e. The summed E-state index contributed by atoms with van der Waals surface area (Å²) in [5.41, 5.74) is 1.10. The molecule has 0 radical (unpaired) electrons. The van der Waals surface area contributed by atoms with Gasteiger partial charge in [-0.05, 0) is 36.5 Å². The summed E-state index contributed by atoms with van der Waals surface area (Å²) in [7, 11) is 0. The molecule has 3 atom stereocenters. The van der Waals surface area contributed by atoms with Crippen LogP contribution in [0.2, 0.25) is 5.02 Å². The molecular weight excluding hydrogens is 284 g/mol. The van der Waals surface area contributed by atoms with E-state index >= 15 is 0 Å². The first-order valence-corrected chi connectivity index (χ1v) is 8.21. The molecule has 21 heavy (non-hydrogen) atoms. The van der Waals surface area contributed by atoms with Crippen molar-refractivity contribution in [2.45, 2.75) is 58.8 Å². The van der Waals surface area contributed by atoms with Crippen LogP contribution >= 0.6 is 11.6 Å². The Morgan fingerprint density at radius 3 is 2.33 bits per heavy atom. The summed E-state index contributed by atoms with van der Waals surface area (Å²) in [5, 5.41) is 4.20. The van der Waals surface area contributed by atoms with Gasteiger partial charge in [-0.25, -0.2) is 0 Å². The summed E-state index contributed by atoms with van der Waals surface area (Å²) < 4.78 is 0. The van der Waals surface area contributed by atoms with E-state index in [1.807, 2.05) is 36.1 Å². The molecule has 4 heteroatoms. The Balaban J connectivity index is 2.36. The summed E-state index contributed by atoms with van der Waals surface area (Å²) >= 11 is 5.98. The first kappa shape index (κ1) is 16.3. The molecule has 1 aromatic rings. The van der Waals surface area contributed by atoms with E-state index in [0.717, 1.165) is 23.4 Å². The van der Waals surface area contributed by atoms with Crippen LogP contribution in [0, 0.1) is 5.92 Å². The number of hydrogen-bond acceptors (Lipinski definition) is 2. The second kappa shape index (κ2) is 6.80. The van der Waals surface area contributed by atoms with Crippen molar-refractivity contribution in [2.75, 3.05) is 0 Å². The summed E-state index contributed by atoms with van der Waals surface area (Å²) in [6.07, 6.45) is 1.73.